The minimum Gasteiger partial charge on any atom is -0.327 e. The lowest BCUT2D eigenvalue weighted by Gasteiger charge is -2.02. The number of hydrogen-bond acceptors (Lipinski definition) is 1. The van der Waals surface area contributed by atoms with Gasteiger partial charge in [-0.15, -0.1) is 0 Å². The van der Waals surface area contributed by atoms with Gasteiger partial charge in [0, 0.05) is 12.0 Å². The summed E-state index contributed by atoms with van der Waals surface area (Å²) in [6.45, 7) is 0. The van der Waals surface area contributed by atoms with E-state index >= 15 is 0 Å². The Labute approximate surface area is 66.2 Å². The van der Waals surface area contributed by atoms with E-state index in [1.807, 2.05) is 0 Å². The van der Waals surface area contributed by atoms with Gasteiger partial charge < -0.3 is 5.73 Å². The van der Waals surface area contributed by atoms with Crippen LogP contribution in [0.3, 0.4) is 0 Å². The Kier molecular flexibility index (Phi) is 0.878. The average Bonchev–Trinajstić information content (AvgIpc) is 2.55. The van der Waals surface area contributed by atoms with Crippen LogP contribution in [0.5, 0.6) is 0 Å². The first kappa shape index (κ1) is 5.78. The van der Waals surface area contributed by atoms with Crippen molar-refractivity contribution in [2.24, 2.45) is 11.7 Å². The molecule has 3 rings (SSSR count). The Balaban J connectivity index is 2.13. The Hall–Kier alpha value is -0.820. The normalized spacial score (nSPS) is 38.1. The molecule has 0 aliphatic heterocycles. The van der Waals surface area contributed by atoms with Gasteiger partial charge in [-0.1, -0.05) is 24.3 Å². The van der Waals surface area contributed by atoms with Crippen molar-refractivity contribution >= 4 is 0 Å². The molecule has 56 valence electrons. The Morgan fingerprint density at radius 2 is 2.09 bits per heavy atom. The van der Waals surface area contributed by atoms with Crippen molar-refractivity contribution in [1.82, 2.24) is 0 Å². The minimum absolute atomic E-state index is 0.477. The van der Waals surface area contributed by atoms with E-state index in [1.54, 1.807) is 0 Å². The summed E-state index contributed by atoms with van der Waals surface area (Å²) in [4.78, 5) is 0. The van der Waals surface area contributed by atoms with Gasteiger partial charge in [-0.3, -0.25) is 0 Å². The summed E-state index contributed by atoms with van der Waals surface area (Å²) in [7, 11) is 0. The van der Waals surface area contributed by atoms with Crippen molar-refractivity contribution in [2.45, 2.75) is 18.4 Å². The lowest BCUT2D eigenvalue weighted by Crippen LogP contribution is -2.08. The smallest absolute Gasteiger partial charge is 0.0149 e. The highest BCUT2D eigenvalue weighted by Gasteiger charge is 2.53. The van der Waals surface area contributed by atoms with Crippen LogP contribution in [0.1, 0.15) is 17.0 Å². The molecule has 0 radical (unpaired) electrons. The van der Waals surface area contributed by atoms with E-state index in [9.17, 15) is 0 Å². The van der Waals surface area contributed by atoms with Crippen LogP contribution in [0.4, 0.5) is 0 Å². The summed E-state index contributed by atoms with van der Waals surface area (Å²) >= 11 is 0. The van der Waals surface area contributed by atoms with Crippen molar-refractivity contribution in [2.75, 3.05) is 0 Å². The monoisotopic (exact) mass is 145 g/mol. The first-order valence-corrected chi connectivity index (χ1v) is 4.21. The second-order valence-electron chi connectivity index (χ2n) is 3.67. The van der Waals surface area contributed by atoms with Crippen molar-refractivity contribution in [3.8, 4) is 0 Å². The third-order valence-corrected chi connectivity index (χ3v) is 3.10. The molecule has 1 saturated carbocycles. The number of nitrogens with two attached hydrogens (primary N) is 1. The maximum Gasteiger partial charge on any atom is 0.0149 e. The Bertz CT molecular complexity index is 305. The Morgan fingerprint density at radius 1 is 1.27 bits per heavy atom. The molecule has 1 aromatic rings. The number of fused-ring (bicyclic) bond motifs is 3. The van der Waals surface area contributed by atoms with Crippen molar-refractivity contribution < 1.29 is 0 Å². The lowest BCUT2D eigenvalue weighted by atomic mass is 10.1. The maximum atomic E-state index is 5.89. The van der Waals surface area contributed by atoms with E-state index in [0.29, 0.717) is 12.0 Å². The molecule has 0 bridgehead atoms. The topological polar surface area (TPSA) is 26.0 Å². The molecule has 2 aliphatic carbocycles. The molecule has 1 aromatic carbocycles. The highest BCUT2D eigenvalue weighted by Crippen LogP contribution is 2.54. The maximum absolute atomic E-state index is 5.89. The lowest BCUT2D eigenvalue weighted by molar-refractivity contribution is 0.801. The largest absolute Gasteiger partial charge is 0.327 e. The molecule has 0 unspecified atom stereocenters. The van der Waals surface area contributed by atoms with Gasteiger partial charge in [0.2, 0.25) is 0 Å². The summed E-state index contributed by atoms with van der Waals surface area (Å²) < 4.78 is 0. The van der Waals surface area contributed by atoms with Crippen LogP contribution >= 0.6 is 0 Å². The highest BCUT2D eigenvalue weighted by atomic mass is 14.8. The Morgan fingerprint density at radius 3 is 3.00 bits per heavy atom. The van der Waals surface area contributed by atoms with Crippen LogP contribution in [0.2, 0.25) is 0 Å². The highest BCUT2D eigenvalue weighted by molar-refractivity contribution is 5.44. The molecule has 0 aromatic heterocycles. The zero-order chi connectivity index (χ0) is 7.42. The summed E-state index contributed by atoms with van der Waals surface area (Å²) in [6.07, 6.45) is 1.22. The number of benzene rings is 1. The van der Waals surface area contributed by atoms with Gasteiger partial charge in [-0.2, -0.15) is 0 Å². The predicted molar refractivity (Wildman–Crippen MR) is 44.4 cm³/mol. The van der Waals surface area contributed by atoms with Crippen LogP contribution in [0.25, 0.3) is 0 Å². The molecule has 2 N–H and O–H groups in total. The van der Waals surface area contributed by atoms with Gasteiger partial charge in [0.25, 0.3) is 0 Å². The van der Waals surface area contributed by atoms with Crippen molar-refractivity contribution in [3.63, 3.8) is 0 Å². The molecule has 2 aliphatic rings. The van der Waals surface area contributed by atoms with E-state index < -0.39 is 0 Å². The fourth-order valence-corrected chi connectivity index (χ4v) is 2.40. The molecule has 0 spiro atoms. The minimum atomic E-state index is 0.477. The summed E-state index contributed by atoms with van der Waals surface area (Å²) in [6, 6.07) is 9.17. The van der Waals surface area contributed by atoms with Gasteiger partial charge in [0.1, 0.15) is 0 Å². The van der Waals surface area contributed by atoms with Crippen LogP contribution in [-0.4, -0.2) is 6.04 Å². The third-order valence-electron chi connectivity index (χ3n) is 3.10. The SMILES string of the molecule is N[C@@H]1[C@H]2Cc3ccccc3[C@H]12. The summed E-state index contributed by atoms with van der Waals surface area (Å²) in [5, 5.41) is 0. The first-order chi connectivity index (χ1) is 5.38. The number of rotatable bonds is 0. The average molecular weight is 145 g/mol. The third kappa shape index (κ3) is 0.596. The molecule has 1 nitrogen and oxygen atoms in total. The zero-order valence-electron chi connectivity index (χ0n) is 6.33. The second kappa shape index (κ2) is 1.67. The van der Waals surface area contributed by atoms with Gasteiger partial charge in [0.15, 0.2) is 0 Å². The zero-order valence-corrected chi connectivity index (χ0v) is 6.33. The van der Waals surface area contributed by atoms with Crippen LogP contribution in [0, 0.1) is 5.92 Å². The van der Waals surface area contributed by atoms with Crippen LogP contribution < -0.4 is 5.73 Å². The van der Waals surface area contributed by atoms with E-state index in [2.05, 4.69) is 24.3 Å². The van der Waals surface area contributed by atoms with E-state index in [0.717, 1.165) is 5.92 Å². The molecular formula is C10H11N. The van der Waals surface area contributed by atoms with Crippen LogP contribution in [0.15, 0.2) is 24.3 Å². The quantitative estimate of drug-likeness (QED) is 0.584. The van der Waals surface area contributed by atoms with Crippen LogP contribution in [-0.2, 0) is 6.42 Å². The molecule has 11 heavy (non-hydrogen) atoms. The van der Waals surface area contributed by atoms with E-state index in [4.69, 9.17) is 5.73 Å². The summed E-state index contributed by atoms with van der Waals surface area (Å²) in [5.74, 6) is 1.50. The summed E-state index contributed by atoms with van der Waals surface area (Å²) in [5.41, 5.74) is 8.94. The van der Waals surface area contributed by atoms with Gasteiger partial charge in [-0.25, -0.2) is 0 Å². The first-order valence-electron chi connectivity index (χ1n) is 4.21. The number of hydrogen-bond donors (Lipinski definition) is 1. The van der Waals surface area contributed by atoms with Gasteiger partial charge >= 0.3 is 0 Å². The molecule has 0 heterocycles. The molecular weight excluding hydrogens is 134 g/mol. The van der Waals surface area contributed by atoms with Gasteiger partial charge in [-0.05, 0) is 23.5 Å². The fourth-order valence-electron chi connectivity index (χ4n) is 2.40. The van der Waals surface area contributed by atoms with Crippen molar-refractivity contribution in [3.05, 3.63) is 35.4 Å². The predicted octanol–water partition coefficient (Wildman–Crippen LogP) is 1.28. The van der Waals surface area contributed by atoms with Gasteiger partial charge in [0.05, 0.1) is 0 Å². The standard InChI is InChI=1S/C10H11N/c11-10-8-5-6-3-1-2-4-7(6)9(8)10/h1-4,8-10H,5,11H2/t8-,9-,10+/m0/s1. The molecule has 0 saturated heterocycles. The molecule has 3 atom stereocenters. The molecule has 0 amide bonds. The molecule has 1 fully saturated rings. The van der Waals surface area contributed by atoms with Crippen molar-refractivity contribution in [1.29, 1.82) is 0 Å². The molecule has 1 heteroatoms. The second-order valence-corrected chi connectivity index (χ2v) is 3.67. The van der Waals surface area contributed by atoms with E-state index in [-0.39, 0.29) is 0 Å². The van der Waals surface area contributed by atoms with E-state index in [1.165, 1.54) is 17.5 Å². The fraction of sp³-hybridized carbons (Fsp3) is 0.400.